The average Bonchev–Trinajstić information content (AvgIpc) is 2.25. The van der Waals surface area contributed by atoms with Crippen molar-refractivity contribution < 1.29 is 4.79 Å². The van der Waals surface area contributed by atoms with Gasteiger partial charge in [0.1, 0.15) is 0 Å². The highest BCUT2D eigenvalue weighted by Crippen LogP contribution is 2.12. The zero-order valence-corrected chi connectivity index (χ0v) is 10.3. The standard InChI is InChI=1S/C11H15BrN2O/c1-14(11(15)8-13)6-5-9-3-2-4-10(12)7-9/h2-4,7H,5-6,8,13H2,1H3. The van der Waals surface area contributed by atoms with Gasteiger partial charge in [-0.25, -0.2) is 0 Å². The van der Waals surface area contributed by atoms with E-state index in [0.717, 1.165) is 10.9 Å². The van der Waals surface area contributed by atoms with Crippen molar-refractivity contribution in [1.82, 2.24) is 4.90 Å². The van der Waals surface area contributed by atoms with E-state index in [2.05, 4.69) is 22.0 Å². The molecule has 0 unspecified atom stereocenters. The summed E-state index contributed by atoms with van der Waals surface area (Å²) in [5.74, 6) is -0.0232. The van der Waals surface area contributed by atoms with Crippen LogP contribution in [-0.2, 0) is 11.2 Å². The first-order valence-corrected chi connectivity index (χ1v) is 5.61. The zero-order chi connectivity index (χ0) is 11.3. The number of nitrogens with zero attached hydrogens (tertiary/aromatic N) is 1. The number of carbonyl (C=O) groups excluding carboxylic acids is 1. The molecule has 0 aliphatic rings. The molecule has 1 aromatic rings. The molecule has 0 atom stereocenters. The monoisotopic (exact) mass is 270 g/mol. The molecule has 0 heterocycles. The molecule has 3 nitrogen and oxygen atoms in total. The number of halogens is 1. The van der Waals surface area contributed by atoms with E-state index in [1.165, 1.54) is 5.56 Å². The van der Waals surface area contributed by atoms with E-state index in [4.69, 9.17) is 5.73 Å². The van der Waals surface area contributed by atoms with Crippen LogP contribution in [0.5, 0.6) is 0 Å². The Morgan fingerprint density at radius 3 is 2.87 bits per heavy atom. The number of amides is 1. The molecule has 0 aliphatic carbocycles. The Bertz CT molecular complexity index is 341. The Hall–Kier alpha value is -0.870. The van der Waals surface area contributed by atoms with Crippen LogP contribution in [0.3, 0.4) is 0 Å². The number of hydrogen-bond acceptors (Lipinski definition) is 2. The summed E-state index contributed by atoms with van der Waals surface area (Å²) in [5.41, 5.74) is 6.48. The van der Waals surface area contributed by atoms with Gasteiger partial charge in [-0.1, -0.05) is 28.1 Å². The topological polar surface area (TPSA) is 46.3 Å². The van der Waals surface area contributed by atoms with Gasteiger partial charge in [-0.05, 0) is 24.1 Å². The molecule has 1 rings (SSSR count). The molecule has 0 fully saturated rings. The number of nitrogens with two attached hydrogens (primary N) is 1. The maximum atomic E-state index is 11.2. The summed E-state index contributed by atoms with van der Waals surface area (Å²) in [6.45, 7) is 0.779. The van der Waals surface area contributed by atoms with Crippen LogP contribution < -0.4 is 5.73 Å². The molecule has 82 valence electrons. The van der Waals surface area contributed by atoms with Crippen LogP contribution in [0.1, 0.15) is 5.56 Å². The van der Waals surface area contributed by atoms with Crippen molar-refractivity contribution in [3.63, 3.8) is 0 Å². The molecule has 0 spiro atoms. The third kappa shape index (κ3) is 4.01. The van der Waals surface area contributed by atoms with E-state index in [1.807, 2.05) is 18.2 Å². The number of benzene rings is 1. The summed E-state index contributed by atoms with van der Waals surface area (Å²) in [5, 5.41) is 0. The first kappa shape index (κ1) is 12.2. The van der Waals surface area contributed by atoms with Crippen molar-refractivity contribution in [2.45, 2.75) is 6.42 Å². The zero-order valence-electron chi connectivity index (χ0n) is 8.74. The minimum Gasteiger partial charge on any atom is -0.344 e. The molecule has 0 bridgehead atoms. The minimum atomic E-state index is -0.0232. The molecule has 0 saturated heterocycles. The van der Waals surface area contributed by atoms with Gasteiger partial charge in [-0.2, -0.15) is 0 Å². The lowest BCUT2D eigenvalue weighted by Gasteiger charge is -2.15. The number of hydrogen-bond donors (Lipinski definition) is 1. The van der Waals surface area contributed by atoms with Gasteiger partial charge in [-0.15, -0.1) is 0 Å². The van der Waals surface area contributed by atoms with E-state index in [1.54, 1.807) is 11.9 Å². The maximum Gasteiger partial charge on any atom is 0.236 e. The SMILES string of the molecule is CN(CCc1cccc(Br)c1)C(=O)CN. The number of likely N-dealkylation sites (N-methyl/N-ethyl adjacent to an activating group) is 1. The Morgan fingerprint density at radius 1 is 1.53 bits per heavy atom. The van der Waals surface area contributed by atoms with E-state index in [9.17, 15) is 4.79 Å². The van der Waals surface area contributed by atoms with Crippen LogP contribution in [0, 0.1) is 0 Å². The van der Waals surface area contributed by atoms with Crippen molar-refractivity contribution in [3.8, 4) is 0 Å². The molecule has 1 aromatic carbocycles. The van der Waals surface area contributed by atoms with E-state index >= 15 is 0 Å². The summed E-state index contributed by atoms with van der Waals surface area (Å²) in [6, 6.07) is 8.08. The van der Waals surface area contributed by atoms with E-state index < -0.39 is 0 Å². The highest BCUT2D eigenvalue weighted by atomic mass is 79.9. The number of carbonyl (C=O) groups is 1. The fourth-order valence-electron chi connectivity index (χ4n) is 1.27. The fourth-order valence-corrected chi connectivity index (χ4v) is 1.72. The van der Waals surface area contributed by atoms with Gasteiger partial charge in [0.2, 0.25) is 5.91 Å². The van der Waals surface area contributed by atoms with Crippen LogP contribution in [0.2, 0.25) is 0 Å². The molecule has 0 radical (unpaired) electrons. The van der Waals surface area contributed by atoms with Gasteiger partial charge in [0.05, 0.1) is 6.54 Å². The molecular formula is C11H15BrN2O. The second-order valence-corrected chi connectivity index (χ2v) is 4.32. The third-order valence-electron chi connectivity index (χ3n) is 2.23. The summed E-state index contributed by atoms with van der Waals surface area (Å²) >= 11 is 3.41. The lowest BCUT2D eigenvalue weighted by Crippen LogP contribution is -2.34. The normalized spacial score (nSPS) is 10.1. The third-order valence-corrected chi connectivity index (χ3v) is 2.72. The van der Waals surface area contributed by atoms with Crippen LogP contribution >= 0.6 is 15.9 Å². The highest BCUT2D eigenvalue weighted by molar-refractivity contribution is 9.10. The van der Waals surface area contributed by atoms with Crippen LogP contribution in [-0.4, -0.2) is 30.9 Å². The summed E-state index contributed by atoms with van der Waals surface area (Å²) in [7, 11) is 1.77. The molecule has 1 amide bonds. The highest BCUT2D eigenvalue weighted by Gasteiger charge is 2.05. The Morgan fingerprint density at radius 2 is 2.27 bits per heavy atom. The molecular weight excluding hydrogens is 256 g/mol. The van der Waals surface area contributed by atoms with Gasteiger partial charge < -0.3 is 10.6 Å². The Labute approximate surface area is 98.4 Å². The lowest BCUT2D eigenvalue weighted by molar-refractivity contribution is -0.128. The van der Waals surface area contributed by atoms with Gasteiger partial charge in [0, 0.05) is 18.1 Å². The van der Waals surface area contributed by atoms with Gasteiger partial charge in [0.25, 0.3) is 0 Å². The van der Waals surface area contributed by atoms with Crippen molar-refractivity contribution in [2.24, 2.45) is 5.73 Å². The van der Waals surface area contributed by atoms with Crippen molar-refractivity contribution in [3.05, 3.63) is 34.3 Å². The van der Waals surface area contributed by atoms with Gasteiger partial charge in [0.15, 0.2) is 0 Å². The van der Waals surface area contributed by atoms with E-state index in [0.29, 0.717) is 6.54 Å². The molecule has 15 heavy (non-hydrogen) atoms. The largest absolute Gasteiger partial charge is 0.344 e. The first-order valence-electron chi connectivity index (χ1n) is 4.82. The van der Waals surface area contributed by atoms with Crippen LogP contribution in [0.4, 0.5) is 0 Å². The lowest BCUT2D eigenvalue weighted by atomic mass is 10.1. The Kier molecular flexibility index (Phi) is 4.78. The summed E-state index contributed by atoms with van der Waals surface area (Å²) < 4.78 is 1.06. The minimum absolute atomic E-state index is 0.0232. The van der Waals surface area contributed by atoms with E-state index in [-0.39, 0.29) is 12.5 Å². The molecule has 0 aromatic heterocycles. The second-order valence-electron chi connectivity index (χ2n) is 3.40. The smallest absolute Gasteiger partial charge is 0.236 e. The molecule has 0 saturated carbocycles. The quantitative estimate of drug-likeness (QED) is 0.900. The summed E-state index contributed by atoms with van der Waals surface area (Å²) in [4.78, 5) is 12.8. The van der Waals surface area contributed by atoms with Gasteiger partial charge in [-0.3, -0.25) is 4.79 Å². The van der Waals surface area contributed by atoms with Crippen LogP contribution in [0.25, 0.3) is 0 Å². The second kappa shape index (κ2) is 5.88. The number of rotatable bonds is 4. The molecule has 0 aliphatic heterocycles. The van der Waals surface area contributed by atoms with Crippen molar-refractivity contribution in [1.29, 1.82) is 0 Å². The molecule has 2 N–H and O–H groups in total. The molecule has 4 heteroatoms. The predicted molar refractivity (Wildman–Crippen MR) is 64.5 cm³/mol. The fraction of sp³-hybridized carbons (Fsp3) is 0.364. The maximum absolute atomic E-state index is 11.2. The van der Waals surface area contributed by atoms with Crippen molar-refractivity contribution in [2.75, 3.05) is 20.1 Å². The first-order chi connectivity index (χ1) is 7.13. The average molecular weight is 271 g/mol. The predicted octanol–water partition coefficient (Wildman–Crippen LogP) is 1.41. The van der Waals surface area contributed by atoms with Gasteiger partial charge >= 0.3 is 0 Å². The summed E-state index contributed by atoms with van der Waals surface area (Å²) in [6.07, 6.45) is 0.849. The Balaban J connectivity index is 2.47. The van der Waals surface area contributed by atoms with Crippen LogP contribution in [0.15, 0.2) is 28.7 Å². The van der Waals surface area contributed by atoms with Crippen molar-refractivity contribution >= 4 is 21.8 Å².